The summed E-state index contributed by atoms with van der Waals surface area (Å²) in [5.74, 6) is 0.977. The molecule has 0 atom stereocenters. The molecule has 1 aliphatic carbocycles. The third-order valence-corrected chi connectivity index (χ3v) is 8.54. The molecule has 1 amide bonds. The second kappa shape index (κ2) is 11.4. The summed E-state index contributed by atoms with van der Waals surface area (Å²) in [4.78, 5) is 33.4. The SMILES string of the molecule is COc1ccc(/C=N/NC(=O)CSc2nc3sc4c(c3c(=O)n2-c2ccc(C)cc2)CCCC4)c(OC)c1. The minimum absolute atomic E-state index is 0.0476. The number of fused-ring (bicyclic) bond motifs is 3. The Hall–Kier alpha value is -3.63. The van der Waals surface area contributed by atoms with Crippen LogP contribution in [0.25, 0.3) is 15.9 Å². The minimum atomic E-state index is -0.311. The van der Waals surface area contributed by atoms with Gasteiger partial charge in [0.2, 0.25) is 0 Å². The molecule has 0 saturated carbocycles. The third kappa shape index (κ3) is 5.32. The Morgan fingerprint density at radius 1 is 1.16 bits per heavy atom. The smallest absolute Gasteiger partial charge is 0.267 e. The van der Waals surface area contributed by atoms with E-state index in [1.165, 1.54) is 22.9 Å². The summed E-state index contributed by atoms with van der Waals surface area (Å²) in [6.45, 7) is 2.01. The lowest BCUT2D eigenvalue weighted by atomic mass is 9.97. The van der Waals surface area contributed by atoms with Crippen molar-refractivity contribution < 1.29 is 14.3 Å². The first-order chi connectivity index (χ1) is 18.5. The zero-order valence-corrected chi connectivity index (χ0v) is 23.1. The number of hydrazone groups is 1. The number of aryl methyl sites for hydroxylation is 3. The van der Waals surface area contributed by atoms with Gasteiger partial charge in [-0.05, 0) is 62.4 Å². The Bertz CT molecular complexity index is 1570. The van der Waals surface area contributed by atoms with Gasteiger partial charge in [0.25, 0.3) is 11.5 Å². The van der Waals surface area contributed by atoms with Crippen molar-refractivity contribution in [1.29, 1.82) is 0 Å². The quantitative estimate of drug-likeness (QED) is 0.146. The van der Waals surface area contributed by atoms with Crippen LogP contribution in [-0.2, 0) is 17.6 Å². The number of methoxy groups -OCH3 is 2. The van der Waals surface area contributed by atoms with Crippen molar-refractivity contribution in [3.05, 3.63) is 74.4 Å². The third-order valence-electron chi connectivity index (χ3n) is 6.42. The summed E-state index contributed by atoms with van der Waals surface area (Å²) in [5.41, 5.74) is 6.15. The van der Waals surface area contributed by atoms with E-state index in [0.717, 1.165) is 52.7 Å². The van der Waals surface area contributed by atoms with Gasteiger partial charge >= 0.3 is 0 Å². The molecule has 2 aromatic heterocycles. The van der Waals surface area contributed by atoms with Crippen molar-refractivity contribution in [1.82, 2.24) is 15.0 Å². The molecule has 0 spiro atoms. The number of ether oxygens (including phenoxy) is 2. The molecule has 0 unspecified atom stereocenters. The summed E-state index contributed by atoms with van der Waals surface area (Å²) >= 11 is 2.82. The number of carbonyl (C=O) groups is 1. The van der Waals surface area contributed by atoms with E-state index >= 15 is 0 Å². The molecule has 4 aromatic rings. The van der Waals surface area contributed by atoms with Crippen LogP contribution in [0.2, 0.25) is 0 Å². The van der Waals surface area contributed by atoms with Crippen LogP contribution in [-0.4, -0.2) is 41.6 Å². The predicted molar refractivity (Wildman–Crippen MR) is 153 cm³/mol. The van der Waals surface area contributed by atoms with Crippen molar-refractivity contribution >= 4 is 45.4 Å². The van der Waals surface area contributed by atoms with E-state index in [1.807, 2.05) is 31.2 Å². The van der Waals surface area contributed by atoms with E-state index < -0.39 is 0 Å². The van der Waals surface area contributed by atoms with Gasteiger partial charge in [0.1, 0.15) is 16.3 Å². The van der Waals surface area contributed by atoms with Gasteiger partial charge in [0.05, 0.1) is 37.3 Å². The molecule has 0 saturated heterocycles. The average molecular weight is 549 g/mol. The lowest BCUT2D eigenvalue weighted by molar-refractivity contribution is -0.118. The fourth-order valence-electron chi connectivity index (χ4n) is 4.47. The van der Waals surface area contributed by atoms with Gasteiger partial charge in [0.15, 0.2) is 5.16 Å². The summed E-state index contributed by atoms with van der Waals surface area (Å²) in [7, 11) is 3.14. The van der Waals surface area contributed by atoms with Gasteiger partial charge < -0.3 is 9.47 Å². The largest absolute Gasteiger partial charge is 0.497 e. The Balaban J connectivity index is 1.39. The number of hydrogen-bond donors (Lipinski definition) is 1. The number of nitrogens with zero attached hydrogens (tertiary/aromatic N) is 3. The first kappa shape index (κ1) is 26.0. The van der Waals surface area contributed by atoms with E-state index in [9.17, 15) is 9.59 Å². The maximum atomic E-state index is 13.8. The average Bonchev–Trinajstić information content (AvgIpc) is 3.31. The number of amides is 1. The molecule has 8 nitrogen and oxygen atoms in total. The number of benzene rings is 2. The summed E-state index contributed by atoms with van der Waals surface area (Å²) in [6.07, 6.45) is 5.64. The molecule has 2 aromatic carbocycles. The van der Waals surface area contributed by atoms with Gasteiger partial charge in [-0.3, -0.25) is 14.2 Å². The predicted octanol–water partition coefficient (Wildman–Crippen LogP) is 4.89. The topological polar surface area (TPSA) is 94.8 Å². The van der Waals surface area contributed by atoms with Crippen LogP contribution in [0.4, 0.5) is 0 Å². The maximum absolute atomic E-state index is 13.8. The van der Waals surface area contributed by atoms with Gasteiger partial charge in [-0.2, -0.15) is 5.10 Å². The zero-order chi connectivity index (χ0) is 26.6. The highest BCUT2D eigenvalue weighted by Crippen LogP contribution is 2.35. The van der Waals surface area contributed by atoms with Crippen LogP contribution in [0, 0.1) is 6.92 Å². The zero-order valence-electron chi connectivity index (χ0n) is 21.4. The highest BCUT2D eigenvalue weighted by atomic mass is 32.2. The molecule has 1 N–H and O–H groups in total. The number of hydrogen-bond acceptors (Lipinski definition) is 8. The minimum Gasteiger partial charge on any atom is -0.497 e. The second-order valence-electron chi connectivity index (χ2n) is 8.95. The highest BCUT2D eigenvalue weighted by Gasteiger charge is 2.23. The summed E-state index contributed by atoms with van der Waals surface area (Å²) in [6, 6.07) is 13.1. The first-order valence-corrected chi connectivity index (χ1v) is 14.1. The van der Waals surface area contributed by atoms with Crippen LogP contribution >= 0.6 is 23.1 Å². The molecule has 5 rings (SSSR count). The molecule has 0 bridgehead atoms. The number of rotatable bonds is 8. The molecular weight excluding hydrogens is 520 g/mol. The normalized spacial score (nSPS) is 13.0. The number of thioether (sulfide) groups is 1. The van der Waals surface area contributed by atoms with Crippen LogP contribution in [0.3, 0.4) is 0 Å². The molecule has 0 fully saturated rings. The van der Waals surface area contributed by atoms with Crippen molar-refractivity contribution in [2.24, 2.45) is 5.10 Å². The number of thiophene rings is 1. The monoisotopic (exact) mass is 548 g/mol. The number of aromatic nitrogens is 2. The molecule has 0 radical (unpaired) electrons. The Morgan fingerprint density at radius 2 is 1.95 bits per heavy atom. The molecule has 38 heavy (non-hydrogen) atoms. The van der Waals surface area contributed by atoms with Gasteiger partial charge in [-0.25, -0.2) is 10.4 Å². The molecule has 196 valence electrons. The maximum Gasteiger partial charge on any atom is 0.267 e. The highest BCUT2D eigenvalue weighted by molar-refractivity contribution is 7.99. The standard InChI is InChI=1S/C28H28N4O4S2/c1-17-8-11-19(12-9-17)32-27(34)25-21-6-4-5-7-23(21)38-26(25)30-28(32)37-16-24(33)31-29-15-18-10-13-20(35-2)14-22(18)36-3/h8-15H,4-7,16H2,1-3H3,(H,31,33)/b29-15+. The van der Waals surface area contributed by atoms with Crippen LogP contribution in [0.15, 0.2) is 57.5 Å². The van der Waals surface area contributed by atoms with Crippen LogP contribution in [0.5, 0.6) is 11.5 Å². The molecule has 0 aliphatic heterocycles. The summed E-state index contributed by atoms with van der Waals surface area (Å²) < 4.78 is 12.2. The number of nitrogens with one attached hydrogen (secondary N) is 1. The first-order valence-electron chi connectivity index (χ1n) is 12.3. The molecule has 10 heteroatoms. The Kier molecular flexibility index (Phi) is 7.80. The number of carbonyl (C=O) groups excluding carboxylic acids is 1. The van der Waals surface area contributed by atoms with E-state index in [4.69, 9.17) is 14.5 Å². The van der Waals surface area contributed by atoms with Crippen molar-refractivity contribution in [2.75, 3.05) is 20.0 Å². The van der Waals surface area contributed by atoms with E-state index in [0.29, 0.717) is 22.2 Å². The van der Waals surface area contributed by atoms with Crippen molar-refractivity contribution in [3.8, 4) is 17.2 Å². The fraction of sp³-hybridized carbons (Fsp3) is 0.286. The van der Waals surface area contributed by atoms with Crippen LogP contribution < -0.4 is 20.5 Å². The van der Waals surface area contributed by atoms with Crippen molar-refractivity contribution in [3.63, 3.8) is 0 Å². The molecule has 1 aliphatic rings. The van der Waals surface area contributed by atoms with E-state index in [-0.39, 0.29) is 17.2 Å². The van der Waals surface area contributed by atoms with Gasteiger partial charge in [-0.1, -0.05) is 29.5 Å². The van der Waals surface area contributed by atoms with Gasteiger partial charge in [0, 0.05) is 16.5 Å². The van der Waals surface area contributed by atoms with Crippen LogP contribution in [0.1, 0.15) is 34.4 Å². The molecular formula is C28H28N4O4S2. The van der Waals surface area contributed by atoms with E-state index in [1.54, 1.807) is 48.3 Å². The second-order valence-corrected chi connectivity index (χ2v) is 11.0. The Labute approximate surface area is 228 Å². The lowest BCUT2D eigenvalue weighted by Crippen LogP contribution is -2.24. The van der Waals surface area contributed by atoms with E-state index in [2.05, 4.69) is 10.5 Å². The fourth-order valence-corrected chi connectivity index (χ4v) is 6.57. The lowest BCUT2D eigenvalue weighted by Gasteiger charge is -2.13. The molecule has 2 heterocycles. The van der Waals surface area contributed by atoms with Gasteiger partial charge in [-0.15, -0.1) is 11.3 Å². The summed E-state index contributed by atoms with van der Waals surface area (Å²) in [5, 5.41) is 5.28. The Morgan fingerprint density at radius 3 is 2.71 bits per heavy atom. The van der Waals surface area contributed by atoms with Crippen molar-refractivity contribution in [2.45, 2.75) is 37.8 Å².